The van der Waals surface area contributed by atoms with E-state index < -0.39 is 0 Å². The van der Waals surface area contributed by atoms with Crippen LogP contribution in [0.25, 0.3) is 0 Å². The number of rotatable bonds is 6. The molecule has 3 rings (SSSR count). The molecule has 0 radical (unpaired) electrons. The van der Waals surface area contributed by atoms with Crippen LogP contribution in [0.5, 0.6) is 5.75 Å². The maximum Gasteiger partial charge on any atom is 0.115 e. The number of benzene rings is 2. The van der Waals surface area contributed by atoms with Crippen LogP contribution in [-0.2, 0) is 19.6 Å². The fraction of sp³-hybridized carbons (Fsp3) is 0.429. The molecule has 4 nitrogen and oxygen atoms in total. The van der Waals surface area contributed by atoms with Crippen LogP contribution in [-0.4, -0.2) is 48.1 Å². The predicted octanol–water partition coefficient (Wildman–Crippen LogP) is 2.82. The van der Waals surface area contributed by atoms with Crippen molar-refractivity contribution in [1.82, 2.24) is 15.1 Å². The van der Waals surface area contributed by atoms with Crippen molar-refractivity contribution in [2.24, 2.45) is 0 Å². The Hall–Kier alpha value is -1.88. The minimum Gasteiger partial charge on any atom is -0.508 e. The van der Waals surface area contributed by atoms with E-state index in [-0.39, 0.29) is 0 Å². The molecule has 0 aliphatic carbocycles. The number of phenolic OH excluding ortho intramolecular Hbond substituents is 1. The van der Waals surface area contributed by atoms with Crippen LogP contribution in [0.4, 0.5) is 0 Å². The van der Waals surface area contributed by atoms with Crippen LogP contribution in [0.2, 0.25) is 0 Å². The van der Waals surface area contributed by atoms with E-state index in [1.165, 1.54) is 30.6 Å². The quantitative estimate of drug-likeness (QED) is 0.849. The molecule has 1 aliphatic heterocycles. The molecular weight excluding hydrogens is 310 g/mol. The molecule has 25 heavy (non-hydrogen) atoms. The van der Waals surface area contributed by atoms with Gasteiger partial charge in [-0.3, -0.25) is 4.90 Å². The average Bonchev–Trinajstić information content (AvgIpc) is 2.81. The Labute approximate surface area is 151 Å². The SMILES string of the molecule is CN1CCCN(Cc2ccc(CNCc3cccc(O)c3)cc2)CC1. The first-order valence-corrected chi connectivity index (χ1v) is 9.16. The number of hydrogen-bond acceptors (Lipinski definition) is 4. The molecule has 2 aromatic carbocycles. The van der Waals surface area contributed by atoms with Gasteiger partial charge in [0, 0.05) is 32.7 Å². The smallest absolute Gasteiger partial charge is 0.115 e. The lowest BCUT2D eigenvalue weighted by Gasteiger charge is -2.20. The second kappa shape index (κ2) is 8.99. The molecule has 0 spiro atoms. The highest BCUT2D eigenvalue weighted by Crippen LogP contribution is 2.12. The van der Waals surface area contributed by atoms with Crippen LogP contribution in [0.3, 0.4) is 0 Å². The summed E-state index contributed by atoms with van der Waals surface area (Å²) < 4.78 is 0. The normalized spacial score (nSPS) is 16.7. The molecule has 2 N–H and O–H groups in total. The van der Waals surface area contributed by atoms with Crippen molar-refractivity contribution >= 4 is 0 Å². The molecule has 0 atom stereocenters. The summed E-state index contributed by atoms with van der Waals surface area (Å²) in [5, 5.41) is 12.9. The summed E-state index contributed by atoms with van der Waals surface area (Å²) in [4.78, 5) is 4.97. The zero-order chi connectivity index (χ0) is 17.5. The molecule has 0 amide bonds. The van der Waals surface area contributed by atoms with E-state index in [9.17, 15) is 5.11 Å². The highest BCUT2D eigenvalue weighted by Gasteiger charge is 2.12. The molecule has 2 aromatic rings. The van der Waals surface area contributed by atoms with Gasteiger partial charge in [0.1, 0.15) is 5.75 Å². The maximum atomic E-state index is 9.49. The van der Waals surface area contributed by atoms with E-state index >= 15 is 0 Å². The summed E-state index contributed by atoms with van der Waals surface area (Å²) in [6.45, 7) is 7.37. The summed E-state index contributed by atoms with van der Waals surface area (Å²) in [6.07, 6.45) is 1.26. The van der Waals surface area contributed by atoms with Crippen LogP contribution in [0.15, 0.2) is 48.5 Å². The van der Waals surface area contributed by atoms with Crippen LogP contribution >= 0.6 is 0 Å². The number of aromatic hydroxyl groups is 1. The van der Waals surface area contributed by atoms with Gasteiger partial charge < -0.3 is 15.3 Å². The highest BCUT2D eigenvalue weighted by atomic mass is 16.3. The number of likely N-dealkylation sites (N-methyl/N-ethyl adjacent to an activating group) is 1. The fourth-order valence-electron chi connectivity index (χ4n) is 3.30. The van der Waals surface area contributed by atoms with Gasteiger partial charge in [0.05, 0.1) is 0 Å². The summed E-state index contributed by atoms with van der Waals surface area (Å²) >= 11 is 0. The molecule has 1 heterocycles. The minimum atomic E-state index is 0.323. The zero-order valence-electron chi connectivity index (χ0n) is 15.1. The number of nitrogens with one attached hydrogen (secondary N) is 1. The van der Waals surface area contributed by atoms with Gasteiger partial charge in [-0.15, -0.1) is 0 Å². The van der Waals surface area contributed by atoms with Crippen LogP contribution < -0.4 is 5.32 Å². The number of hydrogen-bond donors (Lipinski definition) is 2. The molecule has 1 saturated heterocycles. The first kappa shape index (κ1) is 17.9. The van der Waals surface area contributed by atoms with Gasteiger partial charge in [0.2, 0.25) is 0 Å². The Morgan fingerprint density at radius 3 is 2.44 bits per heavy atom. The first-order valence-electron chi connectivity index (χ1n) is 9.16. The monoisotopic (exact) mass is 339 g/mol. The molecular formula is C21H29N3O. The summed E-state index contributed by atoms with van der Waals surface area (Å²) in [6, 6.07) is 16.3. The van der Waals surface area contributed by atoms with E-state index in [4.69, 9.17) is 0 Å². The first-order chi connectivity index (χ1) is 12.2. The lowest BCUT2D eigenvalue weighted by atomic mass is 10.1. The summed E-state index contributed by atoms with van der Waals surface area (Å²) in [5.41, 5.74) is 3.78. The van der Waals surface area contributed by atoms with E-state index in [0.29, 0.717) is 5.75 Å². The molecule has 1 fully saturated rings. The molecule has 4 heteroatoms. The Morgan fingerprint density at radius 1 is 0.880 bits per heavy atom. The largest absolute Gasteiger partial charge is 0.508 e. The van der Waals surface area contributed by atoms with Gasteiger partial charge in [-0.1, -0.05) is 36.4 Å². The zero-order valence-corrected chi connectivity index (χ0v) is 15.1. The second-order valence-electron chi connectivity index (χ2n) is 7.02. The maximum absolute atomic E-state index is 9.49. The van der Waals surface area contributed by atoms with E-state index in [1.807, 2.05) is 12.1 Å². The lowest BCUT2D eigenvalue weighted by Crippen LogP contribution is -2.28. The second-order valence-corrected chi connectivity index (χ2v) is 7.02. The Bertz CT molecular complexity index is 656. The van der Waals surface area contributed by atoms with Crippen LogP contribution in [0.1, 0.15) is 23.1 Å². The number of phenols is 1. The molecule has 0 bridgehead atoms. The average molecular weight is 339 g/mol. The third-order valence-corrected chi connectivity index (χ3v) is 4.81. The van der Waals surface area contributed by atoms with Gasteiger partial charge >= 0.3 is 0 Å². The van der Waals surface area contributed by atoms with Crippen molar-refractivity contribution in [3.63, 3.8) is 0 Å². The predicted molar refractivity (Wildman–Crippen MR) is 102 cm³/mol. The Balaban J connectivity index is 1.45. The summed E-state index contributed by atoms with van der Waals surface area (Å²) in [5.74, 6) is 0.323. The van der Waals surface area contributed by atoms with Crippen molar-refractivity contribution in [1.29, 1.82) is 0 Å². The molecule has 0 unspecified atom stereocenters. The topological polar surface area (TPSA) is 38.7 Å². The van der Waals surface area contributed by atoms with Crippen molar-refractivity contribution in [3.8, 4) is 5.75 Å². The van der Waals surface area contributed by atoms with Crippen LogP contribution in [0, 0.1) is 0 Å². The number of nitrogens with zero attached hydrogens (tertiary/aromatic N) is 2. The van der Waals surface area contributed by atoms with Gasteiger partial charge in [-0.2, -0.15) is 0 Å². The van der Waals surface area contributed by atoms with Gasteiger partial charge in [0.15, 0.2) is 0 Å². The standard InChI is InChI=1S/C21H29N3O/c1-23-10-3-11-24(13-12-23)17-19-8-6-18(7-9-19)15-22-16-20-4-2-5-21(25)14-20/h2,4-9,14,22,25H,3,10-13,15-17H2,1H3. The highest BCUT2D eigenvalue weighted by molar-refractivity contribution is 5.27. The Kier molecular flexibility index (Phi) is 6.45. The van der Waals surface area contributed by atoms with Gasteiger partial charge in [0.25, 0.3) is 0 Å². The molecule has 1 aliphatic rings. The third kappa shape index (κ3) is 5.85. The molecule has 0 saturated carbocycles. The van der Waals surface area contributed by atoms with E-state index in [2.05, 4.69) is 46.4 Å². The lowest BCUT2D eigenvalue weighted by molar-refractivity contribution is 0.269. The van der Waals surface area contributed by atoms with Crippen molar-refractivity contribution in [2.75, 3.05) is 33.2 Å². The molecule has 134 valence electrons. The van der Waals surface area contributed by atoms with E-state index in [1.54, 1.807) is 12.1 Å². The Morgan fingerprint density at radius 2 is 1.64 bits per heavy atom. The minimum absolute atomic E-state index is 0.323. The van der Waals surface area contributed by atoms with Gasteiger partial charge in [-0.05, 0) is 55.4 Å². The van der Waals surface area contributed by atoms with Gasteiger partial charge in [-0.25, -0.2) is 0 Å². The van der Waals surface area contributed by atoms with E-state index in [0.717, 1.165) is 38.3 Å². The van der Waals surface area contributed by atoms with Crippen molar-refractivity contribution in [2.45, 2.75) is 26.1 Å². The summed E-state index contributed by atoms with van der Waals surface area (Å²) in [7, 11) is 2.21. The fourth-order valence-corrected chi connectivity index (χ4v) is 3.30. The van der Waals surface area contributed by atoms with Crippen molar-refractivity contribution < 1.29 is 5.11 Å². The molecule has 0 aromatic heterocycles. The van der Waals surface area contributed by atoms with Crippen molar-refractivity contribution in [3.05, 3.63) is 65.2 Å². The third-order valence-electron chi connectivity index (χ3n) is 4.81.